The number of nitrogens with two attached hydrogens (primary N) is 1. The molecule has 5 rings (SSSR count). The van der Waals surface area contributed by atoms with Crippen molar-refractivity contribution >= 4 is 35.4 Å². The third-order valence-corrected chi connectivity index (χ3v) is 8.85. The van der Waals surface area contributed by atoms with Crippen molar-refractivity contribution in [3.05, 3.63) is 81.1 Å². The maximum atomic E-state index is 14.1. The van der Waals surface area contributed by atoms with Gasteiger partial charge < -0.3 is 31.3 Å². The smallest absolute Gasteiger partial charge is 0.416 e. The second-order valence-electron chi connectivity index (χ2n) is 11.5. The van der Waals surface area contributed by atoms with Crippen molar-refractivity contribution < 1.29 is 53.1 Å². The molecule has 1 unspecified atom stereocenters. The highest BCUT2D eigenvalue weighted by Crippen LogP contribution is 2.56. The number of aromatic hydroxyl groups is 1. The van der Waals surface area contributed by atoms with Crippen LogP contribution >= 0.6 is 0 Å². The highest BCUT2D eigenvalue weighted by molar-refractivity contribution is 6.24. The van der Waals surface area contributed by atoms with E-state index in [2.05, 4.69) is 0 Å². The first-order valence-corrected chi connectivity index (χ1v) is 13.5. The number of Topliss-reactive ketones (excluding diaryl/α,β-unsaturated/α-hetero) is 2. The molecule has 7 N–H and O–H groups in total. The molecular weight excluding hydrogens is 585 g/mol. The molecule has 13 heteroatoms. The fraction of sp³-hybridized carbons (Fsp3) is 0.323. The molecule has 0 aromatic heterocycles. The largest absolute Gasteiger partial charge is 0.508 e. The lowest BCUT2D eigenvalue weighted by atomic mass is 9.54. The van der Waals surface area contributed by atoms with Crippen LogP contribution in [0.25, 0.3) is 17.9 Å². The fourth-order valence-electron chi connectivity index (χ4n) is 6.74. The van der Waals surface area contributed by atoms with E-state index in [1.165, 1.54) is 55.4 Å². The molecule has 1 fully saturated rings. The SMILES string of the molecule is C[C@H]1c2ccc(/C=C/c3ccc(C(F)(F)F)cc3)c(O)c2C(O)=C2C(=O)[C@]3(O)C(O)=C(C(N)=O)C(=O)[C@@H](N(C)C)[C@@H]3C(O)[C@@H]21. The average molecular weight is 615 g/mol. The van der Waals surface area contributed by atoms with Crippen LogP contribution in [-0.2, 0) is 20.6 Å². The number of amides is 1. The molecule has 0 spiro atoms. The Morgan fingerprint density at radius 1 is 1.02 bits per heavy atom. The lowest BCUT2D eigenvalue weighted by molar-refractivity contribution is -0.169. The number of aliphatic hydroxyl groups is 4. The van der Waals surface area contributed by atoms with E-state index in [0.717, 1.165) is 12.1 Å². The minimum absolute atomic E-state index is 0.122. The average Bonchev–Trinajstić information content (AvgIpc) is 2.93. The Hall–Kier alpha value is -4.46. The van der Waals surface area contributed by atoms with Gasteiger partial charge in [-0.3, -0.25) is 19.3 Å². The maximum Gasteiger partial charge on any atom is 0.416 e. The van der Waals surface area contributed by atoms with E-state index in [0.29, 0.717) is 11.1 Å². The van der Waals surface area contributed by atoms with E-state index in [1.807, 2.05) is 0 Å². The summed E-state index contributed by atoms with van der Waals surface area (Å²) in [6.07, 6.45) is -3.41. The number of hydrogen-bond donors (Lipinski definition) is 6. The van der Waals surface area contributed by atoms with E-state index in [-0.39, 0.29) is 11.1 Å². The molecular formula is C31H29F3N2O8. The molecule has 2 aromatic carbocycles. The van der Waals surface area contributed by atoms with E-state index < -0.39 is 93.1 Å². The van der Waals surface area contributed by atoms with Gasteiger partial charge in [-0.15, -0.1) is 0 Å². The number of carbonyl (C=O) groups is 3. The summed E-state index contributed by atoms with van der Waals surface area (Å²) in [6, 6.07) is 5.82. The Balaban J connectivity index is 1.64. The van der Waals surface area contributed by atoms with E-state index >= 15 is 0 Å². The van der Waals surface area contributed by atoms with Crippen LogP contribution in [0.2, 0.25) is 0 Å². The summed E-state index contributed by atoms with van der Waals surface area (Å²) in [6.45, 7) is 1.60. The van der Waals surface area contributed by atoms with Crippen LogP contribution in [0.15, 0.2) is 53.3 Å². The summed E-state index contributed by atoms with van der Waals surface area (Å²) in [5.74, 6) is -9.96. The van der Waals surface area contributed by atoms with Gasteiger partial charge in [-0.1, -0.05) is 43.3 Å². The van der Waals surface area contributed by atoms with Gasteiger partial charge in [0.2, 0.25) is 5.78 Å². The number of alkyl halides is 3. The molecule has 2 aromatic rings. The molecule has 3 aliphatic carbocycles. The molecule has 1 saturated carbocycles. The number of hydrogen-bond acceptors (Lipinski definition) is 9. The Morgan fingerprint density at radius 3 is 2.18 bits per heavy atom. The zero-order chi connectivity index (χ0) is 32.6. The van der Waals surface area contributed by atoms with Crippen LogP contribution < -0.4 is 5.73 Å². The summed E-state index contributed by atoms with van der Waals surface area (Å²) in [5, 5.41) is 57.0. The van der Waals surface area contributed by atoms with Crippen LogP contribution in [-0.4, -0.2) is 79.7 Å². The number of rotatable bonds is 4. The molecule has 0 heterocycles. The lowest BCUT2D eigenvalue weighted by Crippen LogP contribution is -2.70. The van der Waals surface area contributed by atoms with Gasteiger partial charge in [0.1, 0.15) is 22.8 Å². The number of likely N-dealkylation sites (N-methyl/N-ethyl adjacent to an activating group) is 1. The van der Waals surface area contributed by atoms with Crippen molar-refractivity contribution in [1.29, 1.82) is 0 Å². The van der Waals surface area contributed by atoms with Crippen LogP contribution in [0.5, 0.6) is 5.75 Å². The summed E-state index contributed by atoms with van der Waals surface area (Å²) in [5.41, 5.74) is 0.530. The van der Waals surface area contributed by atoms with Crippen molar-refractivity contribution in [2.45, 2.75) is 36.8 Å². The predicted molar refractivity (Wildman–Crippen MR) is 151 cm³/mol. The number of ketones is 2. The van der Waals surface area contributed by atoms with Crippen molar-refractivity contribution in [1.82, 2.24) is 4.90 Å². The molecule has 0 aliphatic heterocycles. The van der Waals surface area contributed by atoms with E-state index in [9.17, 15) is 53.1 Å². The van der Waals surface area contributed by atoms with Gasteiger partial charge in [0.05, 0.1) is 29.2 Å². The van der Waals surface area contributed by atoms with Gasteiger partial charge in [-0.2, -0.15) is 13.2 Å². The molecule has 1 amide bonds. The van der Waals surface area contributed by atoms with Gasteiger partial charge in [0, 0.05) is 17.1 Å². The molecule has 0 saturated heterocycles. The molecule has 6 atom stereocenters. The number of fused-ring (bicyclic) bond motifs is 3. The van der Waals surface area contributed by atoms with Gasteiger partial charge in [0.25, 0.3) is 5.91 Å². The highest BCUT2D eigenvalue weighted by atomic mass is 19.4. The van der Waals surface area contributed by atoms with Gasteiger partial charge in [-0.05, 0) is 43.3 Å². The fourth-order valence-corrected chi connectivity index (χ4v) is 6.74. The maximum absolute atomic E-state index is 14.1. The first-order valence-electron chi connectivity index (χ1n) is 13.5. The molecule has 232 valence electrons. The van der Waals surface area contributed by atoms with Crippen LogP contribution in [0.4, 0.5) is 13.2 Å². The zero-order valence-corrected chi connectivity index (χ0v) is 23.6. The predicted octanol–water partition coefficient (Wildman–Crippen LogP) is 2.69. The third-order valence-electron chi connectivity index (χ3n) is 8.85. The number of benzene rings is 2. The Morgan fingerprint density at radius 2 is 1.64 bits per heavy atom. The second-order valence-corrected chi connectivity index (χ2v) is 11.5. The van der Waals surface area contributed by atoms with Gasteiger partial charge in [-0.25, -0.2) is 0 Å². The molecule has 0 bridgehead atoms. The number of phenols is 1. The minimum Gasteiger partial charge on any atom is -0.508 e. The van der Waals surface area contributed by atoms with Crippen molar-refractivity contribution in [2.75, 3.05) is 14.1 Å². The van der Waals surface area contributed by atoms with E-state index in [1.54, 1.807) is 6.92 Å². The summed E-state index contributed by atoms with van der Waals surface area (Å²) < 4.78 is 38.7. The van der Waals surface area contributed by atoms with Crippen molar-refractivity contribution in [2.24, 2.45) is 17.6 Å². The Bertz CT molecular complexity index is 1690. The highest BCUT2D eigenvalue weighted by Gasteiger charge is 2.68. The normalized spacial score (nSPS) is 28.8. The van der Waals surface area contributed by atoms with Crippen molar-refractivity contribution in [3.8, 4) is 5.75 Å². The van der Waals surface area contributed by atoms with Crippen LogP contribution in [0, 0.1) is 11.8 Å². The van der Waals surface area contributed by atoms with Crippen molar-refractivity contribution in [3.63, 3.8) is 0 Å². The quantitative estimate of drug-likeness (QED) is 0.223. The monoisotopic (exact) mass is 614 g/mol. The number of halogens is 3. The number of aliphatic hydroxyl groups excluding tert-OH is 3. The Labute approximate surface area is 248 Å². The van der Waals surface area contributed by atoms with Crippen LogP contribution in [0.1, 0.15) is 40.7 Å². The first-order chi connectivity index (χ1) is 20.4. The number of carbonyl (C=O) groups excluding carboxylic acids is 3. The minimum atomic E-state index is -4.51. The number of phenolic OH excluding ortho intramolecular Hbond substituents is 1. The Kier molecular flexibility index (Phi) is 7.27. The standard InChI is InChI=1S/C31H29F3N2O8/c1-12-16-11-8-14(7-4-13-5-9-15(10-6-13)31(32,33)34)23(37)18(16)24(38)19-17(12)25(39)21-22(36(2)3)26(40)20(29(35)43)28(42)30(21,44)27(19)41/h4-12,17,21-22,25,37-39,42,44H,1-3H3,(H2,35,43)/b7-4+/t12-,17+,21+,22-,25?,30-/m0/s1. The summed E-state index contributed by atoms with van der Waals surface area (Å²) in [7, 11) is 2.84. The first kappa shape index (κ1) is 31.0. The molecule has 0 radical (unpaired) electrons. The molecule has 10 nitrogen and oxygen atoms in total. The third kappa shape index (κ3) is 4.33. The van der Waals surface area contributed by atoms with E-state index in [4.69, 9.17) is 5.73 Å². The number of primary amides is 1. The molecule has 3 aliphatic rings. The topological polar surface area (TPSA) is 182 Å². The summed E-state index contributed by atoms with van der Waals surface area (Å²) >= 11 is 0. The summed E-state index contributed by atoms with van der Waals surface area (Å²) in [4.78, 5) is 40.7. The zero-order valence-electron chi connectivity index (χ0n) is 23.6. The number of nitrogens with zero attached hydrogens (tertiary/aromatic N) is 1. The second kappa shape index (κ2) is 10.3. The molecule has 44 heavy (non-hydrogen) atoms. The van der Waals surface area contributed by atoms with Crippen LogP contribution in [0.3, 0.4) is 0 Å². The van der Waals surface area contributed by atoms with Gasteiger partial charge >= 0.3 is 6.18 Å². The lowest BCUT2D eigenvalue weighted by Gasteiger charge is -2.53. The van der Waals surface area contributed by atoms with Gasteiger partial charge in [0.15, 0.2) is 11.4 Å².